The zero-order valence-corrected chi connectivity index (χ0v) is 15.1. The maximum absolute atomic E-state index is 12.3. The minimum atomic E-state index is -0.459. The number of hydrogen-bond donors (Lipinski definition) is 1. The Hall–Kier alpha value is -2.74. The summed E-state index contributed by atoms with van der Waals surface area (Å²) in [6.45, 7) is 6.64. The molecule has 1 saturated heterocycles. The van der Waals surface area contributed by atoms with Gasteiger partial charge in [0.2, 0.25) is 11.8 Å². The number of hydrogen-bond acceptors (Lipinski definition) is 5. The van der Waals surface area contributed by atoms with Crippen LogP contribution < -0.4 is 5.32 Å². The molecule has 1 aliphatic rings. The number of nitrogens with zero attached hydrogens (tertiary/aromatic N) is 3. The van der Waals surface area contributed by atoms with Crippen LogP contribution in [0.4, 0.5) is 5.69 Å². The van der Waals surface area contributed by atoms with Crippen molar-refractivity contribution in [2.24, 2.45) is 0 Å². The highest BCUT2D eigenvalue weighted by Crippen LogP contribution is 2.13. The first-order chi connectivity index (χ1) is 12.3. The van der Waals surface area contributed by atoms with Crippen molar-refractivity contribution < 1.29 is 14.5 Å². The summed E-state index contributed by atoms with van der Waals surface area (Å²) in [4.78, 5) is 38.0. The van der Waals surface area contributed by atoms with E-state index in [0.717, 1.165) is 5.56 Å². The Kier molecular flexibility index (Phi) is 6.85. The number of nitro groups is 1. The van der Waals surface area contributed by atoms with Crippen LogP contribution in [0, 0.1) is 10.1 Å². The van der Waals surface area contributed by atoms with Gasteiger partial charge in [-0.3, -0.25) is 24.6 Å². The lowest BCUT2D eigenvalue weighted by Gasteiger charge is -2.33. The second-order valence-corrected chi connectivity index (χ2v) is 6.51. The number of piperazine rings is 1. The van der Waals surface area contributed by atoms with E-state index in [1.54, 1.807) is 23.1 Å². The monoisotopic (exact) mass is 360 g/mol. The van der Waals surface area contributed by atoms with Gasteiger partial charge in [-0.1, -0.05) is 0 Å². The summed E-state index contributed by atoms with van der Waals surface area (Å²) in [6.07, 6.45) is 3.12. The van der Waals surface area contributed by atoms with Crippen LogP contribution in [-0.4, -0.2) is 65.3 Å². The third kappa shape index (κ3) is 5.96. The summed E-state index contributed by atoms with van der Waals surface area (Å²) < 4.78 is 0. The number of carbonyl (C=O) groups is 2. The van der Waals surface area contributed by atoms with E-state index in [4.69, 9.17) is 0 Å². The third-order valence-corrected chi connectivity index (χ3v) is 4.02. The molecule has 2 rings (SSSR count). The Morgan fingerprint density at radius 2 is 1.81 bits per heavy atom. The first-order valence-corrected chi connectivity index (χ1v) is 8.58. The van der Waals surface area contributed by atoms with Crippen molar-refractivity contribution in [3.05, 3.63) is 46.0 Å². The second-order valence-electron chi connectivity index (χ2n) is 6.51. The number of benzene rings is 1. The zero-order chi connectivity index (χ0) is 19.1. The van der Waals surface area contributed by atoms with Crippen LogP contribution in [0.15, 0.2) is 30.3 Å². The minimum Gasteiger partial charge on any atom is -0.353 e. The van der Waals surface area contributed by atoms with Gasteiger partial charge in [0.15, 0.2) is 0 Å². The van der Waals surface area contributed by atoms with Crippen LogP contribution in [-0.2, 0) is 9.59 Å². The Morgan fingerprint density at radius 1 is 1.19 bits per heavy atom. The number of nitrogens with one attached hydrogen (secondary N) is 1. The van der Waals surface area contributed by atoms with Crippen LogP contribution in [0.1, 0.15) is 19.4 Å². The highest BCUT2D eigenvalue weighted by molar-refractivity contribution is 5.91. The van der Waals surface area contributed by atoms with E-state index in [0.29, 0.717) is 32.7 Å². The number of carbonyl (C=O) groups excluding carboxylic acids is 2. The summed E-state index contributed by atoms with van der Waals surface area (Å²) in [5.41, 5.74) is 0.749. The molecule has 1 N–H and O–H groups in total. The molecule has 2 amide bonds. The van der Waals surface area contributed by atoms with Gasteiger partial charge in [-0.05, 0) is 37.6 Å². The molecule has 8 heteroatoms. The number of rotatable bonds is 6. The lowest BCUT2D eigenvalue weighted by atomic mass is 10.2. The molecular formula is C18H24N4O4. The van der Waals surface area contributed by atoms with E-state index >= 15 is 0 Å². The fourth-order valence-corrected chi connectivity index (χ4v) is 2.68. The molecule has 1 heterocycles. The summed E-state index contributed by atoms with van der Waals surface area (Å²) >= 11 is 0. The molecule has 0 saturated carbocycles. The van der Waals surface area contributed by atoms with Crippen molar-refractivity contribution in [1.29, 1.82) is 0 Å². The van der Waals surface area contributed by atoms with Gasteiger partial charge in [-0.15, -0.1) is 0 Å². The van der Waals surface area contributed by atoms with Crippen molar-refractivity contribution in [3.63, 3.8) is 0 Å². The largest absolute Gasteiger partial charge is 0.353 e. The molecule has 0 aromatic heterocycles. The molecule has 0 bridgehead atoms. The molecule has 8 nitrogen and oxygen atoms in total. The van der Waals surface area contributed by atoms with Gasteiger partial charge in [0.1, 0.15) is 0 Å². The minimum absolute atomic E-state index is 0.00200. The molecule has 26 heavy (non-hydrogen) atoms. The van der Waals surface area contributed by atoms with E-state index < -0.39 is 4.92 Å². The Balaban J connectivity index is 1.80. The summed E-state index contributed by atoms with van der Waals surface area (Å²) in [5, 5.41) is 13.5. The standard InChI is InChI=1S/C18H24N4O4/c1-14(2)19-17(23)13-20-9-11-21(12-10-20)18(24)8-5-15-3-6-16(7-4-15)22(25)26/h3-8,14H,9-13H2,1-2H3,(H,19,23)/b8-5+. The maximum Gasteiger partial charge on any atom is 0.269 e. The fourth-order valence-electron chi connectivity index (χ4n) is 2.68. The molecule has 0 atom stereocenters. The van der Waals surface area contributed by atoms with Crippen molar-refractivity contribution >= 4 is 23.6 Å². The van der Waals surface area contributed by atoms with Crippen molar-refractivity contribution in [3.8, 4) is 0 Å². The van der Waals surface area contributed by atoms with Gasteiger partial charge in [0, 0.05) is 50.4 Å². The smallest absolute Gasteiger partial charge is 0.269 e. The highest BCUT2D eigenvalue weighted by Gasteiger charge is 2.21. The van der Waals surface area contributed by atoms with Gasteiger partial charge in [-0.2, -0.15) is 0 Å². The molecule has 1 fully saturated rings. The molecule has 140 valence electrons. The third-order valence-electron chi connectivity index (χ3n) is 4.02. The van der Waals surface area contributed by atoms with E-state index in [1.807, 2.05) is 18.7 Å². The predicted octanol–water partition coefficient (Wildman–Crippen LogP) is 1.28. The van der Waals surface area contributed by atoms with E-state index in [9.17, 15) is 19.7 Å². The molecule has 1 aromatic rings. The second kappa shape index (κ2) is 9.10. The Morgan fingerprint density at radius 3 is 2.35 bits per heavy atom. The predicted molar refractivity (Wildman–Crippen MR) is 98.4 cm³/mol. The average Bonchev–Trinajstić information content (AvgIpc) is 2.60. The van der Waals surface area contributed by atoms with Gasteiger partial charge in [0.25, 0.3) is 5.69 Å². The van der Waals surface area contributed by atoms with E-state index in [1.165, 1.54) is 18.2 Å². The normalized spacial score (nSPS) is 15.4. The fraction of sp³-hybridized carbons (Fsp3) is 0.444. The zero-order valence-electron chi connectivity index (χ0n) is 15.1. The SMILES string of the molecule is CC(C)NC(=O)CN1CCN(C(=O)/C=C/c2ccc([N+](=O)[O-])cc2)CC1. The van der Waals surface area contributed by atoms with E-state index in [2.05, 4.69) is 5.32 Å². The topological polar surface area (TPSA) is 95.8 Å². The van der Waals surface area contributed by atoms with Gasteiger partial charge in [-0.25, -0.2) is 0 Å². The van der Waals surface area contributed by atoms with E-state index in [-0.39, 0.29) is 23.5 Å². The lowest BCUT2D eigenvalue weighted by Crippen LogP contribution is -2.51. The average molecular weight is 360 g/mol. The maximum atomic E-state index is 12.3. The molecule has 0 radical (unpaired) electrons. The quantitative estimate of drug-likeness (QED) is 0.468. The molecule has 0 aliphatic carbocycles. The molecule has 0 spiro atoms. The van der Waals surface area contributed by atoms with Gasteiger partial charge < -0.3 is 10.2 Å². The van der Waals surface area contributed by atoms with Gasteiger partial charge in [0.05, 0.1) is 11.5 Å². The van der Waals surface area contributed by atoms with Crippen LogP contribution in [0.2, 0.25) is 0 Å². The first kappa shape index (κ1) is 19.6. The van der Waals surface area contributed by atoms with Crippen LogP contribution in [0.25, 0.3) is 6.08 Å². The summed E-state index contributed by atoms with van der Waals surface area (Å²) in [5.74, 6) is -0.104. The number of amides is 2. The highest BCUT2D eigenvalue weighted by atomic mass is 16.6. The van der Waals surface area contributed by atoms with Crippen LogP contribution >= 0.6 is 0 Å². The molecular weight excluding hydrogens is 336 g/mol. The summed E-state index contributed by atoms with van der Waals surface area (Å²) in [6, 6.07) is 6.14. The first-order valence-electron chi connectivity index (χ1n) is 8.58. The van der Waals surface area contributed by atoms with Crippen molar-refractivity contribution in [2.45, 2.75) is 19.9 Å². The summed E-state index contributed by atoms with van der Waals surface area (Å²) in [7, 11) is 0. The molecule has 1 aromatic carbocycles. The van der Waals surface area contributed by atoms with Crippen LogP contribution in [0.5, 0.6) is 0 Å². The molecule has 1 aliphatic heterocycles. The van der Waals surface area contributed by atoms with Crippen molar-refractivity contribution in [1.82, 2.24) is 15.1 Å². The number of non-ortho nitro benzene ring substituents is 1. The Bertz CT molecular complexity index is 677. The van der Waals surface area contributed by atoms with Crippen molar-refractivity contribution in [2.75, 3.05) is 32.7 Å². The Labute approximate surface area is 152 Å². The van der Waals surface area contributed by atoms with Crippen LogP contribution in [0.3, 0.4) is 0 Å². The van der Waals surface area contributed by atoms with Gasteiger partial charge >= 0.3 is 0 Å². The number of nitro benzene ring substituents is 1. The lowest BCUT2D eigenvalue weighted by molar-refractivity contribution is -0.384. The molecule has 0 unspecified atom stereocenters.